The third kappa shape index (κ3) is 3.69. The predicted octanol–water partition coefficient (Wildman–Crippen LogP) is 1.46. The summed E-state index contributed by atoms with van der Waals surface area (Å²) >= 11 is 0. The Morgan fingerprint density at radius 1 is 0.895 bits per heavy atom. The van der Waals surface area contributed by atoms with Crippen LogP contribution in [0.15, 0.2) is 0 Å². The van der Waals surface area contributed by atoms with Crippen molar-refractivity contribution in [3.8, 4) is 0 Å². The fraction of sp³-hybridized carbons (Fsp3) is 0.933. The van der Waals surface area contributed by atoms with Gasteiger partial charge in [0, 0.05) is 39.3 Å². The lowest BCUT2D eigenvalue weighted by atomic mass is 9.98. The summed E-state index contributed by atoms with van der Waals surface area (Å²) in [5.74, 6) is 0.330. The van der Waals surface area contributed by atoms with Gasteiger partial charge in [-0.15, -0.1) is 0 Å². The van der Waals surface area contributed by atoms with Crippen molar-refractivity contribution in [1.29, 1.82) is 0 Å². The molecule has 0 atom stereocenters. The zero-order valence-electron chi connectivity index (χ0n) is 12.6. The molecule has 0 saturated carbocycles. The summed E-state index contributed by atoms with van der Waals surface area (Å²) in [5.41, 5.74) is -0.346. The zero-order chi connectivity index (χ0) is 13.7. The van der Waals surface area contributed by atoms with E-state index < -0.39 is 0 Å². The number of likely N-dealkylation sites (tertiary alicyclic amines) is 1. The van der Waals surface area contributed by atoms with Crippen molar-refractivity contribution < 1.29 is 4.79 Å². The van der Waals surface area contributed by atoms with Gasteiger partial charge in [0.1, 0.15) is 0 Å². The molecule has 0 aromatic heterocycles. The molecule has 4 heteroatoms. The Morgan fingerprint density at radius 2 is 1.42 bits per heavy atom. The highest BCUT2D eigenvalue weighted by molar-refractivity contribution is 5.85. The molecule has 2 saturated heterocycles. The van der Waals surface area contributed by atoms with Crippen molar-refractivity contribution in [3.63, 3.8) is 0 Å². The first-order valence-electron chi connectivity index (χ1n) is 7.87. The van der Waals surface area contributed by atoms with Gasteiger partial charge in [0.25, 0.3) is 0 Å². The highest BCUT2D eigenvalue weighted by Gasteiger charge is 2.37. The van der Waals surface area contributed by atoms with E-state index in [1.165, 1.54) is 32.1 Å². The summed E-state index contributed by atoms with van der Waals surface area (Å²) in [6, 6.07) is 0. The fourth-order valence-electron chi connectivity index (χ4n) is 3.20. The van der Waals surface area contributed by atoms with Crippen molar-refractivity contribution in [1.82, 2.24) is 15.1 Å². The number of nitrogens with one attached hydrogen (secondary N) is 1. The van der Waals surface area contributed by atoms with E-state index in [9.17, 15) is 4.79 Å². The Hall–Kier alpha value is -0.610. The van der Waals surface area contributed by atoms with E-state index in [4.69, 9.17) is 0 Å². The summed E-state index contributed by atoms with van der Waals surface area (Å²) in [4.78, 5) is 17.3. The average molecular weight is 267 g/mol. The third-order valence-corrected chi connectivity index (χ3v) is 4.57. The van der Waals surface area contributed by atoms with Gasteiger partial charge >= 0.3 is 0 Å². The van der Waals surface area contributed by atoms with E-state index >= 15 is 0 Å². The van der Waals surface area contributed by atoms with E-state index in [-0.39, 0.29) is 5.54 Å². The molecule has 0 radical (unpaired) electrons. The van der Waals surface area contributed by atoms with Crippen LogP contribution < -0.4 is 5.32 Å². The first-order chi connectivity index (χ1) is 9.12. The number of hydrogen-bond acceptors (Lipinski definition) is 3. The van der Waals surface area contributed by atoms with Crippen molar-refractivity contribution in [2.45, 2.75) is 51.5 Å². The molecule has 0 aromatic carbocycles. The van der Waals surface area contributed by atoms with Gasteiger partial charge in [0.15, 0.2) is 0 Å². The van der Waals surface area contributed by atoms with Crippen molar-refractivity contribution in [3.05, 3.63) is 0 Å². The normalized spacial score (nSPS) is 23.8. The van der Waals surface area contributed by atoms with Gasteiger partial charge in [0.2, 0.25) is 5.91 Å². The molecule has 0 aromatic rings. The topological polar surface area (TPSA) is 35.6 Å². The van der Waals surface area contributed by atoms with Crippen molar-refractivity contribution in [2.24, 2.45) is 0 Å². The third-order valence-electron chi connectivity index (χ3n) is 4.57. The van der Waals surface area contributed by atoms with Crippen molar-refractivity contribution in [2.75, 3.05) is 39.3 Å². The van der Waals surface area contributed by atoms with Crippen LogP contribution in [0.2, 0.25) is 0 Å². The minimum Gasteiger partial charge on any atom is -0.341 e. The second kappa shape index (κ2) is 6.71. The summed E-state index contributed by atoms with van der Waals surface area (Å²) < 4.78 is 0. The van der Waals surface area contributed by atoms with Crippen LogP contribution in [0.5, 0.6) is 0 Å². The molecule has 2 aliphatic rings. The van der Waals surface area contributed by atoms with Gasteiger partial charge in [-0.3, -0.25) is 9.69 Å². The summed E-state index contributed by atoms with van der Waals surface area (Å²) in [6.45, 7) is 10.0. The molecular weight excluding hydrogens is 238 g/mol. The Kier molecular flexibility index (Phi) is 5.22. The summed E-state index contributed by atoms with van der Waals surface area (Å²) in [7, 11) is 0. The Labute approximate surface area is 117 Å². The van der Waals surface area contributed by atoms with E-state index in [1.807, 2.05) is 0 Å². The van der Waals surface area contributed by atoms with E-state index in [0.29, 0.717) is 5.91 Å². The van der Waals surface area contributed by atoms with Crippen LogP contribution in [-0.4, -0.2) is 60.5 Å². The number of amides is 1. The van der Waals surface area contributed by atoms with E-state index in [1.54, 1.807) is 0 Å². The number of rotatable bonds is 2. The SMILES string of the molecule is CC(C)(C(=O)N1CCCCCCC1)N1CCNCC1. The second-order valence-corrected chi connectivity index (χ2v) is 6.36. The van der Waals surface area contributed by atoms with E-state index in [2.05, 4.69) is 29.0 Å². The zero-order valence-corrected chi connectivity index (χ0v) is 12.6. The average Bonchev–Trinajstić information content (AvgIpc) is 2.39. The second-order valence-electron chi connectivity index (χ2n) is 6.36. The lowest BCUT2D eigenvalue weighted by Crippen LogP contribution is -2.60. The Bertz CT molecular complexity index is 290. The Balaban J connectivity index is 1.98. The molecule has 2 rings (SSSR count). The van der Waals surface area contributed by atoms with Gasteiger partial charge in [-0.25, -0.2) is 0 Å². The minimum absolute atomic E-state index is 0.330. The number of carbonyl (C=O) groups is 1. The summed E-state index contributed by atoms with van der Waals surface area (Å²) in [6.07, 6.45) is 6.23. The summed E-state index contributed by atoms with van der Waals surface area (Å²) in [5, 5.41) is 3.36. The molecule has 110 valence electrons. The van der Waals surface area contributed by atoms with Crippen LogP contribution >= 0.6 is 0 Å². The largest absolute Gasteiger partial charge is 0.341 e. The molecule has 0 unspecified atom stereocenters. The molecule has 0 bridgehead atoms. The molecule has 0 spiro atoms. The molecule has 1 N–H and O–H groups in total. The van der Waals surface area contributed by atoms with Crippen LogP contribution in [0.25, 0.3) is 0 Å². The molecule has 0 aliphatic carbocycles. The highest BCUT2D eigenvalue weighted by atomic mass is 16.2. The predicted molar refractivity (Wildman–Crippen MR) is 78.2 cm³/mol. The molecule has 2 aliphatic heterocycles. The lowest BCUT2D eigenvalue weighted by Gasteiger charge is -2.42. The highest BCUT2D eigenvalue weighted by Crippen LogP contribution is 2.20. The first kappa shape index (κ1) is 14.8. The molecule has 2 fully saturated rings. The maximum absolute atomic E-state index is 12.8. The number of carbonyl (C=O) groups excluding carboxylic acids is 1. The van der Waals surface area contributed by atoms with E-state index in [0.717, 1.165) is 39.3 Å². The number of nitrogens with zero attached hydrogens (tertiary/aromatic N) is 2. The van der Waals surface area contributed by atoms with Crippen LogP contribution in [0, 0.1) is 0 Å². The molecule has 1 amide bonds. The number of piperazine rings is 1. The lowest BCUT2D eigenvalue weighted by molar-refractivity contribution is -0.143. The van der Waals surface area contributed by atoms with Crippen molar-refractivity contribution >= 4 is 5.91 Å². The molecule has 4 nitrogen and oxygen atoms in total. The maximum Gasteiger partial charge on any atom is 0.242 e. The Morgan fingerprint density at radius 3 is 2.00 bits per heavy atom. The minimum atomic E-state index is -0.346. The quantitative estimate of drug-likeness (QED) is 0.823. The number of hydrogen-bond donors (Lipinski definition) is 1. The van der Waals surface area contributed by atoms with Gasteiger partial charge in [-0.05, 0) is 26.7 Å². The first-order valence-corrected chi connectivity index (χ1v) is 7.87. The van der Waals surface area contributed by atoms with Crippen LogP contribution in [0.4, 0.5) is 0 Å². The smallest absolute Gasteiger partial charge is 0.242 e. The molecular formula is C15H29N3O. The van der Waals surface area contributed by atoms with Gasteiger partial charge < -0.3 is 10.2 Å². The molecule has 19 heavy (non-hydrogen) atoms. The monoisotopic (exact) mass is 267 g/mol. The fourth-order valence-corrected chi connectivity index (χ4v) is 3.20. The van der Waals surface area contributed by atoms with Gasteiger partial charge in [0.05, 0.1) is 5.54 Å². The standard InChI is InChI=1S/C15H29N3O/c1-15(2,18-12-8-16-9-13-18)14(19)17-10-6-4-3-5-7-11-17/h16H,3-13H2,1-2H3. The van der Waals surface area contributed by atoms with Crippen LogP contribution in [-0.2, 0) is 4.79 Å². The van der Waals surface area contributed by atoms with Crippen LogP contribution in [0.1, 0.15) is 46.0 Å². The van der Waals surface area contributed by atoms with Gasteiger partial charge in [-0.1, -0.05) is 19.3 Å². The van der Waals surface area contributed by atoms with Gasteiger partial charge in [-0.2, -0.15) is 0 Å². The molecule has 2 heterocycles. The van der Waals surface area contributed by atoms with Crippen LogP contribution in [0.3, 0.4) is 0 Å². The maximum atomic E-state index is 12.8.